The molecule has 2 heterocycles. The predicted octanol–water partition coefficient (Wildman–Crippen LogP) is 4.68. The third-order valence-electron chi connectivity index (χ3n) is 4.45. The molecule has 1 aliphatic rings. The number of piperazine rings is 1. The molecule has 5 heteroatoms. The number of thiophene rings is 1. The van der Waals surface area contributed by atoms with Gasteiger partial charge >= 0.3 is 0 Å². The van der Waals surface area contributed by atoms with E-state index in [2.05, 4.69) is 59.8 Å². The molecular formula is C20H27ClN2OS. The maximum absolute atomic E-state index is 6.27. The molecule has 25 heavy (non-hydrogen) atoms. The van der Waals surface area contributed by atoms with E-state index in [9.17, 15) is 0 Å². The highest BCUT2D eigenvalue weighted by atomic mass is 35.5. The van der Waals surface area contributed by atoms with Crippen molar-refractivity contribution in [3.05, 3.63) is 52.2 Å². The second-order valence-electron chi connectivity index (χ2n) is 6.91. The Labute approximate surface area is 159 Å². The van der Waals surface area contributed by atoms with Gasteiger partial charge in [0.25, 0.3) is 0 Å². The van der Waals surface area contributed by atoms with E-state index < -0.39 is 0 Å². The average molecular weight is 379 g/mol. The van der Waals surface area contributed by atoms with E-state index in [4.69, 9.17) is 16.3 Å². The number of hydrogen-bond acceptors (Lipinski definition) is 4. The monoisotopic (exact) mass is 378 g/mol. The van der Waals surface area contributed by atoms with Crippen LogP contribution in [0.4, 0.5) is 0 Å². The topological polar surface area (TPSA) is 24.5 Å². The first-order chi connectivity index (χ1) is 12.1. The third kappa shape index (κ3) is 5.45. The summed E-state index contributed by atoms with van der Waals surface area (Å²) < 4.78 is 6.27. The molecule has 1 N–H and O–H groups in total. The molecule has 2 aromatic rings. The zero-order valence-electron chi connectivity index (χ0n) is 15.0. The van der Waals surface area contributed by atoms with Crippen LogP contribution in [0.25, 0.3) is 0 Å². The lowest BCUT2D eigenvalue weighted by atomic mass is 10.1. The molecule has 0 aliphatic carbocycles. The third-order valence-corrected chi connectivity index (χ3v) is 5.63. The highest BCUT2D eigenvalue weighted by Crippen LogP contribution is 2.29. The summed E-state index contributed by atoms with van der Waals surface area (Å²) in [5.41, 5.74) is 1.30. The minimum absolute atomic E-state index is 0.0342. The molecule has 0 bridgehead atoms. The van der Waals surface area contributed by atoms with Gasteiger partial charge in [0, 0.05) is 48.9 Å². The van der Waals surface area contributed by atoms with Crippen molar-refractivity contribution in [3.8, 4) is 5.75 Å². The molecule has 1 aromatic heterocycles. The molecule has 1 aliphatic heterocycles. The van der Waals surface area contributed by atoms with E-state index in [1.807, 2.05) is 6.07 Å². The van der Waals surface area contributed by atoms with Crippen LogP contribution in [0.2, 0.25) is 0 Å². The van der Waals surface area contributed by atoms with Crippen molar-refractivity contribution in [2.24, 2.45) is 0 Å². The summed E-state index contributed by atoms with van der Waals surface area (Å²) in [7, 11) is 0. The van der Waals surface area contributed by atoms with Crippen molar-refractivity contribution in [1.29, 1.82) is 0 Å². The number of nitrogens with one attached hydrogen (secondary N) is 1. The van der Waals surface area contributed by atoms with Crippen molar-refractivity contribution < 1.29 is 4.74 Å². The van der Waals surface area contributed by atoms with Crippen LogP contribution in [0.1, 0.15) is 36.8 Å². The van der Waals surface area contributed by atoms with E-state index in [1.165, 1.54) is 10.4 Å². The van der Waals surface area contributed by atoms with Gasteiger partial charge in [-0.1, -0.05) is 18.2 Å². The lowest BCUT2D eigenvalue weighted by Gasteiger charge is -2.36. The minimum atomic E-state index is 0.0342. The van der Waals surface area contributed by atoms with Gasteiger partial charge in [0.15, 0.2) is 0 Å². The van der Waals surface area contributed by atoms with Crippen LogP contribution in [-0.2, 0) is 6.54 Å². The fourth-order valence-corrected chi connectivity index (χ4v) is 4.53. The van der Waals surface area contributed by atoms with Crippen molar-refractivity contribution >= 4 is 22.9 Å². The molecule has 3 unspecified atom stereocenters. The first-order valence-corrected chi connectivity index (χ1v) is 10.4. The number of nitrogens with zero attached hydrogens (tertiary/aromatic N) is 1. The van der Waals surface area contributed by atoms with Crippen LogP contribution >= 0.6 is 22.9 Å². The van der Waals surface area contributed by atoms with Crippen LogP contribution < -0.4 is 10.1 Å². The normalized spacial score (nSPS) is 22.7. The standard InChI is InChI=1S/C20H27ClN2OS/c1-15-12-23(13-16(2)22-15)14-17-5-3-6-18(11-17)24-19(8-9-21)20-7-4-10-25-20/h3-7,10-11,15-16,19,22H,8-9,12-14H2,1-2H3. The van der Waals surface area contributed by atoms with Crippen LogP contribution in [-0.4, -0.2) is 36.0 Å². The number of benzene rings is 1. The van der Waals surface area contributed by atoms with Crippen molar-refractivity contribution in [2.45, 2.75) is 45.0 Å². The highest BCUT2D eigenvalue weighted by molar-refractivity contribution is 7.10. The van der Waals surface area contributed by atoms with E-state index in [1.54, 1.807) is 11.3 Å². The summed E-state index contributed by atoms with van der Waals surface area (Å²) in [6, 6.07) is 13.7. The van der Waals surface area contributed by atoms with Crippen molar-refractivity contribution in [3.63, 3.8) is 0 Å². The van der Waals surface area contributed by atoms with Gasteiger partial charge in [0.05, 0.1) is 0 Å². The molecule has 1 saturated heterocycles. The summed E-state index contributed by atoms with van der Waals surface area (Å²) in [5, 5.41) is 5.67. The summed E-state index contributed by atoms with van der Waals surface area (Å²) in [4.78, 5) is 3.75. The van der Waals surface area contributed by atoms with Crippen LogP contribution in [0.3, 0.4) is 0 Å². The molecule has 1 fully saturated rings. The van der Waals surface area contributed by atoms with Crippen molar-refractivity contribution in [2.75, 3.05) is 19.0 Å². The smallest absolute Gasteiger partial charge is 0.134 e. The minimum Gasteiger partial charge on any atom is -0.485 e. The quantitative estimate of drug-likeness (QED) is 0.708. The molecule has 0 saturated carbocycles. The van der Waals surface area contributed by atoms with Gasteiger partial charge < -0.3 is 10.1 Å². The SMILES string of the molecule is CC1CN(Cc2cccc(OC(CCCl)c3cccs3)c2)CC(C)N1. The predicted molar refractivity (Wildman–Crippen MR) is 107 cm³/mol. The van der Waals surface area contributed by atoms with Gasteiger partial charge in [-0.3, -0.25) is 4.90 Å². The van der Waals surface area contributed by atoms with E-state index in [0.29, 0.717) is 18.0 Å². The first-order valence-electron chi connectivity index (χ1n) is 8.97. The molecule has 136 valence electrons. The largest absolute Gasteiger partial charge is 0.485 e. The molecule has 3 nitrogen and oxygen atoms in total. The van der Waals surface area contributed by atoms with Gasteiger partial charge in [-0.05, 0) is 43.0 Å². The maximum Gasteiger partial charge on any atom is 0.134 e. The van der Waals surface area contributed by atoms with E-state index in [-0.39, 0.29) is 6.10 Å². The Morgan fingerprint density at radius 1 is 1.24 bits per heavy atom. The molecule has 3 rings (SSSR count). The molecular weight excluding hydrogens is 352 g/mol. The fourth-order valence-electron chi connectivity index (χ4n) is 3.54. The molecule has 0 amide bonds. The van der Waals surface area contributed by atoms with Gasteiger partial charge in [-0.15, -0.1) is 22.9 Å². The van der Waals surface area contributed by atoms with E-state index in [0.717, 1.165) is 31.8 Å². The maximum atomic E-state index is 6.27. The number of rotatable bonds is 7. The summed E-state index contributed by atoms with van der Waals surface area (Å²) in [6.45, 7) is 7.63. The Balaban J connectivity index is 1.66. The van der Waals surface area contributed by atoms with Crippen LogP contribution in [0, 0.1) is 0 Å². The zero-order chi connectivity index (χ0) is 17.6. The Morgan fingerprint density at radius 3 is 2.72 bits per heavy atom. The van der Waals surface area contributed by atoms with Crippen LogP contribution in [0.15, 0.2) is 41.8 Å². The molecule has 0 spiro atoms. The Kier molecular flexibility index (Phi) is 6.77. The van der Waals surface area contributed by atoms with Gasteiger partial charge in [0.1, 0.15) is 11.9 Å². The number of ether oxygens (including phenoxy) is 1. The Hall–Kier alpha value is -1.07. The van der Waals surface area contributed by atoms with E-state index >= 15 is 0 Å². The Morgan fingerprint density at radius 2 is 2.04 bits per heavy atom. The number of halogens is 1. The second kappa shape index (κ2) is 9.04. The average Bonchev–Trinajstić information content (AvgIpc) is 3.08. The number of alkyl halides is 1. The fraction of sp³-hybridized carbons (Fsp3) is 0.500. The van der Waals surface area contributed by atoms with Gasteiger partial charge in [-0.25, -0.2) is 0 Å². The molecule has 0 radical (unpaired) electrons. The molecule has 1 aromatic carbocycles. The summed E-state index contributed by atoms with van der Waals surface area (Å²) in [6.07, 6.45) is 0.853. The second-order valence-corrected chi connectivity index (χ2v) is 8.27. The summed E-state index contributed by atoms with van der Waals surface area (Å²) in [5.74, 6) is 1.52. The van der Waals surface area contributed by atoms with Crippen LogP contribution in [0.5, 0.6) is 5.75 Å². The van der Waals surface area contributed by atoms with Gasteiger partial charge in [0.2, 0.25) is 0 Å². The van der Waals surface area contributed by atoms with Crippen molar-refractivity contribution in [1.82, 2.24) is 10.2 Å². The zero-order valence-corrected chi connectivity index (χ0v) is 16.5. The first kappa shape index (κ1) is 18.7. The Bertz CT molecular complexity index is 639. The lowest BCUT2D eigenvalue weighted by Crippen LogP contribution is -2.53. The molecule has 3 atom stereocenters. The number of hydrogen-bond donors (Lipinski definition) is 1. The lowest BCUT2D eigenvalue weighted by molar-refractivity contribution is 0.166. The highest BCUT2D eigenvalue weighted by Gasteiger charge is 2.21. The summed E-state index contributed by atoms with van der Waals surface area (Å²) >= 11 is 7.70. The van der Waals surface area contributed by atoms with Gasteiger partial charge in [-0.2, -0.15) is 0 Å².